The van der Waals surface area contributed by atoms with Gasteiger partial charge in [0.2, 0.25) is 0 Å². The summed E-state index contributed by atoms with van der Waals surface area (Å²) in [5, 5.41) is 12.8. The van der Waals surface area contributed by atoms with Gasteiger partial charge in [-0.1, -0.05) is 18.2 Å². The monoisotopic (exact) mass is 403 g/mol. The molecule has 1 saturated heterocycles. The highest BCUT2D eigenvalue weighted by Gasteiger charge is 2.15. The first-order valence-corrected chi connectivity index (χ1v) is 9.88. The fourth-order valence-electron chi connectivity index (χ4n) is 3.44. The van der Waals surface area contributed by atoms with Crippen molar-refractivity contribution in [1.29, 1.82) is 0 Å². The highest BCUT2D eigenvalue weighted by Crippen LogP contribution is 2.25. The first-order valence-electron chi connectivity index (χ1n) is 9.88. The summed E-state index contributed by atoms with van der Waals surface area (Å²) in [6.45, 7) is 2.09. The molecule has 2 N–H and O–H groups in total. The maximum absolute atomic E-state index is 14.2. The molecule has 1 amide bonds. The van der Waals surface area contributed by atoms with E-state index in [0.29, 0.717) is 11.4 Å². The van der Waals surface area contributed by atoms with Crippen molar-refractivity contribution in [3.05, 3.63) is 83.7 Å². The zero-order valence-electron chi connectivity index (χ0n) is 16.4. The van der Waals surface area contributed by atoms with Crippen molar-refractivity contribution in [2.75, 3.05) is 23.3 Å². The van der Waals surface area contributed by atoms with Gasteiger partial charge < -0.3 is 15.3 Å². The van der Waals surface area contributed by atoms with E-state index in [1.54, 1.807) is 12.1 Å². The maximum Gasteiger partial charge on any atom is 0.255 e. The minimum Gasteiger partial charge on any atom is -0.504 e. The van der Waals surface area contributed by atoms with Crippen molar-refractivity contribution >= 4 is 29.2 Å². The first-order chi connectivity index (χ1) is 14.6. The lowest BCUT2D eigenvalue weighted by molar-refractivity contribution is 0.102. The third kappa shape index (κ3) is 4.49. The number of hydrogen-bond donors (Lipinski definition) is 2. The molecular formula is C24H22FN3O2. The van der Waals surface area contributed by atoms with Crippen molar-refractivity contribution in [2.45, 2.75) is 12.8 Å². The fraction of sp³-hybridized carbons (Fsp3) is 0.167. The molecule has 1 aliphatic heterocycles. The molecule has 5 nitrogen and oxygen atoms in total. The summed E-state index contributed by atoms with van der Waals surface area (Å²) in [7, 11) is 0. The van der Waals surface area contributed by atoms with Crippen LogP contribution in [0.1, 0.15) is 28.8 Å². The number of hydrogen-bond acceptors (Lipinski definition) is 4. The Bertz CT molecular complexity index is 1060. The van der Waals surface area contributed by atoms with E-state index in [0.717, 1.165) is 24.8 Å². The van der Waals surface area contributed by atoms with Gasteiger partial charge in [0.25, 0.3) is 5.91 Å². The largest absolute Gasteiger partial charge is 0.504 e. The smallest absolute Gasteiger partial charge is 0.255 e. The van der Waals surface area contributed by atoms with E-state index in [1.807, 2.05) is 42.5 Å². The van der Waals surface area contributed by atoms with Crippen LogP contribution in [0.25, 0.3) is 0 Å². The van der Waals surface area contributed by atoms with Gasteiger partial charge in [0.1, 0.15) is 0 Å². The third-order valence-electron chi connectivity index (χ3n) is 5.06. The van der Waals surface area contributed by atoms with Crippen LogP contribution in [0.5, 0.6) is 5.75 Å². The number of phenols is 1. The number of phenolic OH excluding ortho intramolecular Hbond substituents is 1. The van der Waals surface area contributed by atoms with Gasteiger partial charge in [-0.3, -0.25) is 9.79 Å². The lowest BCUT2D eigenvalue weighted by Gasteiger charge is -2.17. The SMILES string of the molecule is O=C(Nc1ccc(N2CCCC2)cc1)c1cc(F)c(O)c(C=Nc2ccccc2)c1. The second-order valence-electron chi connectivity index (χ2n) is 7.18. The highest BCUT2D eigenvalue weighted by atomic mass is 19.1. The summed E-state index contributed by atoms with van der Waals surface area (Å²) in [5.41, 5.74) is 2.64. The van der Waals surface area contributed by atoms with E-state index in [4.69, 9.17) is 0 Å². The molecule has 4 rings (SSSR count). The van der Waals surface area contributed by atoms with Gasteiger partial charge in [-0.15, -0.1) is 0 Å². The fourth-order valence-corrected chi connectivity index (χ4v) is 3.44. The summed E-state index contributed by atoms with van der Waals surface area (Å²) in [5.74, 6) is -1.88. The molecule has 3 aromatic rings. The summed E-state index contributed by atoms with van der Waals surface area (Å²) in [6, 6.07) is 19.1. The van der Waals surface area contributed by atoms with Gasteiger partial charge in [0.05, 0.1) is 5.69 Å². The summed E-state index contributed by atoms with van der Waals surface area (Å²) in [6.07, 6.45) is 3.73. The number of nitrogens with zero attached hydrogens (tertiary/aromatic N) is 2. The van der Waals surface area contributed by atoms with Crippen molar-refractivity contribution in [2.24, 2.45) is 4.99 Å². The number of halogens is 1. The topological polar surface area (TPSA) is 64.9 Å². The number of amides is 1. The number of para-hydroxylation sites is 1. The number of nitrogens with one attached hydrogen (secondary N) is 1. The number of carbonyl (C=O) groups excluding carboxylic acids is 1. The minimum absolute atomic E-state index is 0.100. The quantitative estimate of drug-likeness (QED) is 0.580. The lowest BCUT2D eigenvalue weighted by Crippen LogP contribution is -2.17. The number of rotatable bonds is 5. The second kappa shape index (κ2) is 8.78. The third-order valence-corrected chi connectivity index (χ3v) is 5.06. The predicted octanol–water partition coefficient (Wildman–Crippen LogP) is 5.13. The van der Waals surface area contributed by atoms with E-state index < -0.39 is 17.5 Å². The average molecular weight is 403 g/mol. The number of carbonyl (C=O) groups is 1. The molecule has 3 aromatic carbocycles. The van der Waals surface area contributed by atoms with Gasteiger partial charge in [-0.25, -0.2) is 4.39 Å². The molecule has 1 heterocycles. The van der Waals surface area contributed by atoms with Crippen LogP contribution < -0.4 is 10.2 Å². The Labute approximate surface area is 174 Å². The standard InChI is InChI=1S/C24H22FN3O2/c25-22-15-17(14-18(23(22)29)16-26-19-6-2-1-3-7-19)24(30)27-20-8-10-21(11-9-20)28-12-4-5-13-28/h1-3,6-11,14-16,29H,4-5,12-13H2,(H,27,30). The molecule has 30 heavy (non-hydrogen) atoms. The van der Waals surface area contributed by atoms with E-state index in [9.17, 15) is 14.3 Å². The maximum atomic E-state index is 14.2. The lowest BCUT2D eigenvalue weighted by atomic mass is 10.1. The second-order valence-corrected chi connectivity index (χ2v) is 7.18. The molecular weight excluding hydrogens is 381 g/mol. The molecule has 6 heteroatoms. The Kier molecular flexibility index (Phi) is 5.75. The average Bonchev–Trinajstić information content (AvgIpc) is 3.31. The van der Waals surface area contributed by atoms with Crippen LogP contribution in [0.2, 0.25) is 0 Å². The van der Waals surface area contributed by atoms with Gasteiger partial charge in [0, 0.05) is 41.8 Å². The zero-order valence-corrected chi connectivity index (χ0v) is 16.4. The van der Waals surface area contributed by atoms with Crippen LogP contribution >= 0.6 is 0 Å². The molecule has 0 aliphatic carbocycles. The summed E-state index contributed by atoms with van der Waals surface area (Å²) < 4.78 is 14.2. The normalized spacial score (nSPS) is 13.7. The van der Waals surface area contributed by atoms with Crippen molar-refractivity contribution < 1.29 is 14.3 Å². The molecule has 0 unspecified atom stereocenters. The van der Waals surface area contributed by atoms with Crippen LogP contribution in [0, 0.1) is 5.82 Å². The van der Waals surface area contributed by atoms with Crippen molar-refractivity contribution in [3.63, 3.8) is 0 Å². The molecule has 0 aromatic heterocycles. The van der Waals surface area contributed by atoms with E-state index in [1.165, 1.54) is 25.1 Å². The van der Waals surface area contributed by atoms with Gasteiger partial charge in [-0.05, 0) is 61.4 Å². The van der Waals surface area contributed by atoms with E-state index in [2.05, 4.69) is 15.2 Å². The van der Waals surface area contributed by atoms with Gasteiger partial charge >= 0.3 is 0 Å². The number of aliphatic imine (C=N–C) groups is 1. The van der Waals surface area contributed by atoms with Crippen molar-refractivity contribution in [1.82, 2.24) is 0 Å². The zero-order chi connectivity index (χ0) is 20.9. The minimum atomic E-state index is -0.874. The van der Waals surface area contributed by atoms with E-state index >= 15 is 0 Å². The molecule has 0 radical (unpaired) electrons. The molecule has 1 aliphatic rings. The van der Waals surface area contributed by atoms with E-state index in [-0.39, 0.29) is 11.1 Å². The van der Waals surface area contributed by atoms with Crippen LogP contribution in [0.3, 0.4) is 0 Å². The number of benzene rings is 3. The van der Waals surface area contributed by atoms with Crippen LogP contribution in [-0.2, 0) is 0 Å². The highest BCUT2D eigenvalue weighted by molar-refractivity contribution is 6.05. The van der Waals surface area contributed by atoms with Gasteiger partial charge in [0.15, 0.2) is 11.6 Å². The van der Waals surface area contributed by atoms with Crippen molar-refractivity contribution in [3.8, 4) is 5.75 Å². The molecule has 0 saturated carbocycles. The molecule has 0 atom stereocenters. The Morgan fingerprint density at radius 1 is 1.03 bits per heavy atom. The number of anilines is 2. The molecule has 0 spiro atoms. The Hall–Kier alpha value is -3.67. The Morgan fingerprint density at radius 3 is 2.43 bits per heavy atom. The van der Waals surface area contributed by atoms with Gasteiger partial charge in [-0.2, -0.15) is 0 Å². The van der Waals surface area contributed by atoms with Crippen LogP contribution in [0.15, 0.2) is 71.7 Å². The molecule has 152 valence electrons. The van der Waals surface area contributed by atoms with Crippen LogP contribution in [-0.4, -0.2) is 30.3 Å². The molecule has 1 fully saturated rings. The van der Waals surface area contributed by atoms with Crippen LogP contribution in [0.4, 0.5) is 21.5 Å². The summed E-state index contributed by atoms with van der Waals surface area (Å²) in [4.78, 5) is 19.2. The number of aromatic hydroxyl groups is 1. The Balaban J connectivity index is 1.51. The molecule has 0 bridgehead atoms. The first kappa shape index (κ1) is 19.6. The Morgan fingerprint density at radius 2 is 1.73 bits per heavy atom. The predicted molar refractivity (Wildman–Crippen MR) is 118 cm³/mol. The summed E-state index contributed by atoms with van der Waals surface area (Å²) >= 11 is 0.